The Morgan fingerprint density at radius 3 is 2.38 bits per heavy atom. The number of anilines is 1. The number of piperazine rings is 1. The summed E-state index contributed by atoms with van der Waals surface area (Å²) in [5.41, 5.74) is 7.57. The molecule has 1 atom stereocenters. The van der Waals surface area contributed by atoms with Crippen molar-refractivity contribution in [2.75, 3.05) is 51.2 Å². The van der Waals surface area contributed by atoms with Crippen LogP contribution in [-0.4, -0.2) is 56.1 Å². The van der Waals surface area contributed by atoms with Gasteiger partial charge in [0, 0.05) is 45.0 Å². The third-order valence-electron chi connectivity index (χ3n) is 7.44. The fourth-order valence-corrected chi connectivity index (χ4v) is 5.14. The second-order valence-electron chi connectivity index (χ2n) is 11.5. The molecule has 0 aliphatic carbocycles. The van der Waals surface area contributed by atoms with E-state index in [9.17, 15) is 0 Å². The third-order valence-corrected chi connectivity index (χ3v) is 7.44. The Bertz CT molecular complexity index is 903. The zero-order chi connectivity index (χ0) is 22.9. The molecule has 0 bridgehead atoms. The molecule has 0 radical (unpaired) electrons. The molecule has 0 saturated carbocycles. The van der Waals surface area contributed by atoms with E-state index in [1.165, 1.54) is 47.5 Å². The van der Waals surface area contributed by atoms with Gasteiger partial charge >= 0.3 is 0 Å². The Kier molecular flexibility index (Phi) is 6.97. The number of benzene rings is 2. The van der Waals surface area contributed by atoms with Gasteiger partial charge in [-0.3, -0.25) is 4.90 Å². The maximum Gasteiger partial charge on any atom is 0.0373 e. The van der Waals surface area contributed by atoms with E-state index in [1.54, 1.807) is 0 Å². The number of likely N-dealkylation sites (tertiary alicyclic amines) is 1. The maximum atomic E-state index is 2.67. The second kappa shape index (κ2) is 9.57. The average Bonchev–Trinajstić information content (AvgIpc) is 3.22. The standard InChI is InChI=1S/C29H43N3/c1-22(2)26-16-23(17-28(19-26)32-14-12-30(6)13-15-32)20-31-11-10-25(21-31)24-8-7-9-27(18-24)29(3,4)5/h7-9,16-19,22,25H,10-15,20-21H2,1-6H3. The summed E-state index contributed by atoms with van der Waals surface area (Å²) in [5.74, 6) is 1.22. The van der Waals surface area contributed by atoms with E-state index in [0.717, 1.165) is 32.7 Å². The molecular formula is C29H43N3. The summed E-state index contributed by atoms with van der Waals surface area (Å²) in [5, 5.41) is 0. The quantitative estimate of drug-likeness (QED) is 0.586. The molecule has 2 aliphatic rings. The highest BCUT2D eigenvalue weighted by Gasteiger charge is 2.25. The van der Waals surface area contributed by atoms with Crippen molar-refractivity contribution in [2.24, 2.45) is 0 Å². The van der Waals surface area contributed by atoms with E-state index >= 15 is 0 Å². The summed E-state index contributed by atoms with van der Waals surface area (Å²) >= 11 is 0. The van der Waals surface area contributed by atoms with Crippen LogP contribution in [0.1, 0.15) is 75.1 Å². The molecule has 0 N–H and O–H groups in total. The first-order chi connectivity index (χ1) is 15.2. The van der Waals surface area contributed by atoms with Gasteiger partial charge in [-0.2, -0.15) is 0 Å². The van der Waals surface area contributed by atoms with E-state index in [4.69, 9.17) is 0 Å². The lowest BCUT2D eigenvalue weighted by atomic mass is 9.84. The van der Waals surface area contributed by atoms with Crippen molar-refractivity contribution in [3.8, 4) is 0 Å². The van der Waals surface area contributed by atoms with Gasteiger partial charge in [0.1, 0.15) is 0 Å². The number of likely N-dealkylation sites (N-methyl/N-ethyl adjacent to an activating group) is 1. The minimum absolute atomic E-state index is 0.214. The number of rotatable bonds is 5. The molecule has 2 aromatic rings. The van der Waals surface area contributed by atoms with Crippen molar-refractivity contribution < 1.29 is 0 Å². The van der Waals surface area contributed by atoms with Crippen LogP contribution in [0.3, 0.4) is 0 Å². The number of hydrogen-bond donors (Lipinski definition) is 0. The van der Waals surface area contributed by atoms with Crippen molar-refractivity contribution in [3.63, 3.8) is 0 Å². The van der Waals surface area contributed by atoms with Crippen molar-refractivity contribution in [3.05, 3.63) is 64.7 Å². The van der Waals surface area contributed by atoms with Gasteiger partial charge in [0.15, 0.2) is 0 Å². The first-order valence-corrected chi connectivity index (χ1v) is 12.6. The molecule has 1 unspecified atom stereocenters. The van der Waals surface area contributed by atoms with Gasteiger partial charge in [-0.05, 0) is 71.7 Å². The van der Waals surface area contributed by atoms with Crippen LogP contribution < -0.4 is 4.90 Å². The Morgan fingerprint density at radius 2 is 1.69 bits per heavy atom. The summed E-state index contributed by atoms with van der Waals surface area (Å²) in [6, 6.07) is 16.7. The van der Waals surface area contributed by atoms with Crippen LogP contribution in [0.25, 0.3) is 0 Å². The Balaban J connectivity index is 1.47. The lowest BCUT2D eigenvalue weighted by Gasteiger charge is -2.35. The van der Waals surface area contributed by atoms with E-state index in [2.05, 4.69) is 98.8 Å². The van der Waals surface area contributed by atoms with Crippen LogP contribution in [0, 0.1) is 0 Å². The monoisotopic (exact) mass is 433 g/mol. The fraction of sp³-hybridized carbons (Fsp3) is 0.586. The smallest absolute Gasteiger partial charge is 0.0373 e. The van der Waals surface area contributed by atoms with Crippen molar-refractivity contribution in [2.45, 2.75) is 64.8 Å². The molecule has 2 aromatic carbocycles. The van der Waals surface area contributed by atoms with Gasteiger partial charge in [0.25, 0.3) is 0 Å². The van der Waals surface area contributed by atoms with Gasteiger partial charge in [0.05, 0.1) is 0 Å². The first-order valence-electron chi connectivity index (χ1n) is 12.6. The highest BCUT2D eigenvalue weighted by molar-refractivity contribution is 5.52. The van der Waals surface area contributed by atoms with Gasteiger partial charge in [-0.25, -0.2) is 0 Å². The zero-order valence-corrected chi connectivity index (χ0v) is 21.2. The molecule has 4 rings (SSSR count). The van der Waals surface area contributed by atoms with Gasteiger partial charge in [-0.15, -0.1) is 0 Å². The third kappa shape index (κ3) is 5.55. The SMILES string of the molecule is CC(C)c1cc(CN2CCC(c3cccc(C(C)(C)C)c3)C2)cc(N2CCN(C)CC2)c1. The zero-order valence-electron chi connectivity index (χ0n) is 21.2. The van der Waals surface area contributed by atoms with Gasteiger partial charge in [-0.1, -0.05) is 65.0 Å². The number of nitrogens with zero attached hydrogens (tertiary/aromatic N) is 3. The highest BCUT2D eigenvalue weighted by atomic mass is 15.2. The Labute approximate surface area is 196 Å². The largest absolute Gasteiger partial charge is 0.369 e. The Hall–Kier alpha value is -1.84. The van der Waals surface area contributed by atoms with Crippen molar-refractivity contribution >= 4 is 5.69 Å². The van der Waals surface area contributed by atoms with E-state index in [1.807, 2.05) is 0 Å². The molecule has 32 heavy (non-hydrogen) atoms. The molecule has 0 aromatic heterocycles. The topological polar surface area (TPSA) is 9.72 Å². The predicted octanol–water partition coefficient (Wildman–Crippen LogP) is 5.85. The van der Waals surface area contributed by atoms with Crippen LogP contribution >= 0.6 is 0 Å². The molecule has 174 valence electrons. The minimum Gasteiger partial charge on any atom is -0.369 e. The molecule has 2 heterocycles. The molecular weight excluding hydrogens is 390 g/mol. The fourth-order valence-electron chi connectivity index (χ4n) is 5.14. The molecule has 3 heteroatoms. The summed E-state index contributed by atoms with van der Waals surface area (Å²) in [7, 11) is 2.23. The maximum absolute atomic E-state index is 2.67. The van der Waals surface area contributed by atoms with E-state index in [0.29, 0.717) is 11.8 Å². The summed E-state index contributed by atoms with van der Waals surface area (Å²) < 4.78 is 0. The van der Waals surface area contributed by atoms with Crippen molar-refractivity contribution in [1.29, 1.82) is 0 Å². The first kappa shape index (κ1) is 23.3. The molecule has 3 nitrogen and oxygen atoms in total. The second-order valence-corrected chi connectivity index (χ2v) is 11.5. The van der Waals surface area contributed by atoms with Crippen molar-refractivity contribution in [1.82, 2.24) is 9.80 Å². The van der Waals surface area contributed by atoms with Crippen LogP contribution in [0.2, 0.25) is 0 Å². The predicted molar refractivity (Wildman–Crippen MR) is 138 cm³/mol. The highest BCUT2D eigenvalue weighted by Crippen LogP contribution is 2.32. The average molecular weight is 434 g/mol. The molecule has 2 fully saturated rings. The van der Waals surface area contributed by atoms with Crippen LogP contribution in [0.5, 0.6) is 0 Å². The molecule has 0 spiro atoms. The van der Waals surface area contributed by atoms with Gasteiger partial charge in [0.2, 0.25) is 0 Å². The Morgan fingerprint density at radius 1 is 0.938 bits per heavy atom. The molecule has 0 amide bonds. The minimum atomic E-state index is 0.214. The van der Waals surface area contributed by atoms with E-state index < -0.39 is 0 Å². The lowest BCUT2D eigenvalue weighted by molar-refractivity contribution is 0.312. The summed E-state index contributed by atoms with van der Waals surface area (Å²) in [4.78, 5) is 7.69. The molecule has 2 aliphatic heterocycles. The van der Waals surface area contributed by atoms with Gasteiger partial charge < -0.3 is 9.80 Å². The van der Waals surface area contributed by atoms with Crippen LogP contribution in [-0.2, 0) is 12.0 Å². The molecule has 2 saturated heterocycles. The normalized spacial score (nSPS) is 21.0. The van der Waals surface area contributed by atoms with Crippen LogP contribution in [0.4, 0.5) is 5.69 Å². The number of hydrogen-bond acceptors (Lipinski definition) is 3. The van der Waals surface area contributed by atoms with E-state index in [-0.39, 0.29) is 5.41 Å². The summed E-state index contributed by atoms with van der Waals surface area (Å²) in [6.07, 6.45) is 1.27. The lowest BCUT2D eigenvalue weighted by Crippen LogP contribution is -2.44. The summed E-state index contributed by atoms with van der Waals surface area (Å²) in [6.45, 7) is 19.6. The van der Waals surface area contributed by atoms with Crippen LogP contribution in [0.15, 0.2) is 42.5 Å².